The number of ketones is 2. The average Bonchev–Trinajstić information content (AvgIpc) is 3.96. The number of allylic oxidation sites excluding steroid dienone is 4. The molecule has 6 bridgehead atoms. The Bertz CT molecular complexity index is 2400. The third-order valence-corrected chi connectivity index (χ3v) is 11.7. The lowest BCUT2D eigenvalue weighted by atomic mass is 9.87. The lowest BCUT2D eigenvalue weighted by Gasteiger charge is -2.41. The molecule has 2 aliphatic carbocycles. The summed E-state index contributed by atoms with van der Waals surface area (Å²) in [5.41, 5.74) is 4.59. The highest BCUT2D eigenvalue weighted by Gasteiger charge is 2.48. The van der Waals surface area contributed by atoms with Gasteiger partial charge in [0.15, 0.2) is 30.0 Å². The minimum absolute atomic E-state index is 0.0115. The van der Waals surface area contributed by atoms with Gasteiger partial charge in [-0.2, -0.15) is 0 Å². The van der Waals surface area contributed by atoms with E-state index in [0.29, 0.717) is 39.1 Å². The lowest BCUT2D eigenvalue weighted by molar-refractivity contribution is -0.382. The Hall–Kier alpha value is -5.78. The molecule has 1 saturated carbocycles. The first kappa shape index (κ1) is 36.8. The van der Waals surface area contributed by atoms with Crippen molar-refractivity contribution in [3.05, 3.63) is 99.3 Å². The van der Waals surface area contributed by atoms with Crippen molar-refractivity contribution in [2.45, 2.75) is 75.3 Å². The molecule has 1 amide bonds. The summed E-state index contributed by atoms with van der Waals surface area (Å²) >= 11 is 0. The van der Waals surface area contributed by atoms with Crippen LogP contribution in [-0.2, 0) is 32.0 Å². The van der Waals surface area contributed by atoms with Crippen molar-refractivity contribution in [1.29, 1.82) is 0 Å². The summed E-state index contributed by atoms with van der Waals surface area (Å²) in [6.07, 6.45) is 6.08. The molecule has 9 rings (SSSR count). The van der Waals surface area contributed by atoms with Crippen LogP contribution < -0.4 is 14.5 Å². The molecule has 1 saturated heterocycles. The van der Waals surface area contributed by atoms with Crippen LogP contribution in [0.5, 0.6) is 17.2 Å². The van der Waals surface area contributed by atoms with Crippen LogP contribution in [0.3, 0.4) is 0 Å². The molecule has 3 aromatic carbocycles. The summed E-state index contributed by atoms with van der Waals surface area (Å²) in [5, 5.41) is 36.2. The van der Waals surface area contributed by atoms with Crippen molar-refractivity contribution >= 4 is 34.5 Å². The first-order valence-electron chi connectivity index (χ1n) is 19.2. The Balaban J connectivity index is 1.12. The fraction of sp³-hybridized carbons (Fsp3) is 0.364. The third-order valence-electron chi connectivity index (χ3n) is 11.7. The van der Waals surface area contributed by atoms with Gasteiger partial charge in [0, 0.05) is 30.7 Å². The van der Waals surface area contributed by atoms with Crippen LogP contribution in [0.4, 0.5) is 0 Å². The van der Waals surface area contributed by atoms with Gasteiger partial charge >= 0.3 is 0 Å². The molecule has 6 aliphatic rings. The Kier molecular flexibility index (Phi) is 9.66. The number of phenolic OH excluding ortho intramolecular Hbond substituents is 1. The van der Waals surface area contributed by atoms with Crippen LogP contribution in [-0.4, -0.2) is 101 Å². The van der Waals surface area contributed by atoms with E-state index in [2.05, 4.69) is 17.0 Å². The fourth-order valence-corrected chi connectivity index (χ4v) is 8.80. The van der Waals surface area contributed by atoms with Gasteiger partial charge < -0.3 is 43.9 Å². The van der Waals surface area contributed by atoms with Crippen LogP contribution in [0.2, 0.25) is 0 Å². The number of methoxy groups -OCH3 is 1. The van der Waals surface area contributed by atoms with Gasteiger partial charge in [-0.3, -0.25) is 14.4 Å². The topological polar surface area (TPSA) is 175 Å². The van der Waals surface area contributed by atoms with Crippen molar-refractivity contribution in [3.63, 3.8) is 0 Å². The van der Waals surface area contributed by atoms with Crippen molar-refractivity contribution in [3.8, 4) is 29.3 Å². The van der Waals surface area contributed by atoms with Gasteiger partial charge in [-0.1, -0.05) is 37.0 Å². The van der Waals surface area contributed by atoms with Gasteiger partial charge in [0.05, 0.1) is 43.4 Å². The molecule has 5 unspecified atom stereocenters. The van der Waals surface area contributed by atoms with Gasteiger partial charge in [0.2, 0.25) is 12.0 Å². The Morgan fingerprint density at radius 3 is 2.72 bits per heavy atom. The number of rotatable bonds is 6. The molecule has 4 heterocycles. The number of benzene rings is 3. The predicted octanol–water partition coefficient (Wildman–Crippen LogP) is 2.28. The Labute approximate surface area is 327 Å². The van der Waals surface area contributed by atoms with E-state index in [9.17, 15) is 29.7 Å². The summed E-state index contributed by atoms with van der Waals surface area (Å²) in [6.45, 7) is -0.246. The second kappa shape index (κ2) is 14.9. The molecule has 13 nitrogen and oxygen atoms in total. The smallest absolute Gasteiger partial charge is 0.254 e. The van der Waals surface area contributed by atoms with Crippen LogP contribution in [0.15, 0.2) is 71.5 Å². The SMILES string of the molecule is COc1cc2c3c(O)c(c(C4CCCC4)cc3c1)C(=O)CN1Cc3c(cccc3C1=O)CC#COC1C(O)C(COCC3=C4C(=O)C=CC=C4[NH+]=C3)OC(O2)C1O. The maximum Gasteiger partial charge on any atom is 0.254 e. The monoisotopic (exact) mass is 773 g/mol. The van der Waals surface area contributed by atoms with E-state index in [1.165, 1.54) is 24.2 Å². The molecule has 2 fully saturated rings. The minimum Gasteiger partial charge on any atom is -0.506 e. The number of nitrogens with one attached hydrogen (secondary N) is 1. The van der Waals surface area contributed by atoms with E-state index in [4.69, 9.17) is 23.7 Å². The number of aromatic hydroxyl groups is 1. The molecule has 0 radical (unpaired) electrons. The normalized spacial score (nSPS) is 25.5. The molecule has 4 N–H and O–H groups in total. The first-order valence-corrected chi connectivity index (χ1v) is 19.2. The first-order chi connectivity index (χ1) is 27.7. The molecule has 292 valence electrons. The second-order valence-electron chi connectivity index (χ2n) is 15.1. The zero-order valence-corrected chi connectivity index (χ0v) is 31.2. The van der Waals surface area contributed by atoms with E-state index in [-0.39, 0.29) is 72.8 Å². The summed E-state index contributed by atoms with van der Waals surface area (Å²) in [6, 6.07) is 10.5. The van der Waals surface area contributed by atoms with E-state index >= 15 is 0 Å². The number of carbonyl (C=O) groups excluding carboxylic acids is 3. The molecule has 57 heavy (non-hydrogen) atoms. The Morgan fingerprint density at radius 2 is 1.89 bits per heavy atom. The number of phenols is 1. The molecular weight excluding hydrogens is 732 g/mol. The lowest BCUT2D eigenvalue weighted by Crippen LogP contribution is -2.64. The molecule has 4 aliphatic heterocycles. The average molecular weight is 774 g/mol. The van der Waals surface area contributed by atoms with E-state index in [1.807, 2.05) is 12.1 Å². The van der Waals surface area contributed by atoms with E-state index < -0.39 is 36.5 Å². The zero-order chi connectivity index (χ0) is 39.4. The quantitative estimate of drug-likeness (QED) is 0.271. The number of carbonyl (C=O) groups is 3. The van der Waals surface area contributed by atoms with Crippen molar-refractivity contribution < 1.29 is 58.4 Å². The number of aliphatic hydroxyl groups excluding tert-OH is 2. The third kappa shape index (κ3) is 6.58. The molecule has 13 heteroatoms. The van der Waals surface area contributed by atoms with Gasteiger partial charge in [-0.25, -0.2) is 4.99 Å². The predicted molar refractivity (Wildman–Crippen MR) is 204 cm³/mol. The maximum atomic E-state index is 14.5. The maximum absolute atomic E-state index is 14.5. The van der Waals surface area contributed by atoms with Gasteiger partial charge in [-0.15, -0.1) is 0 Å². The standard InChI is InChI=1S/C44H40N2O11/c1-53-27-15-25-16-29(23-7-2-3-8-23)38-33(48)20-46-19-30-24(9-4-11-28(30)43(46)52)10-6-14-55-42-39(49)35(57-44(41(42)51)56-34(17-27)37(25)40(38)50)22-54-21-26-18-45-31-12-5-13-32(47)36(26)31/h4-5,9,11-13,15-18,23,35,39,41-42,44,49-51H,2-3,7-8,10,19-22H2,1H3/p+1. The zero-order valence-electron chi connectivity index (χ0n) is 31.2. The molecule has 5 atom stereocenters. The highest BCUT2D eigenvalue weighted by Crippen LogP contribution is 2.47. The van der Waals surface area contributed by atoms with Gasteiger partial charge in [0.1, 0.15) is 41.1 Å². The highest BCUT2D eigenvalue weighted by atomic mass is 16.7. The second-order valence-corrected chi connectivity index (χ2v) is 15.1. The number of Topliss-reactive ketones (excluding diaryl/α,β-unsaturated/α-hetero) is 1. The number of nitrogens with zero attached hydrogens (tertiary/aromatic N) is 1. The summed E-state index contributed by atoms with van der Waals surface area (Å²) in [7, 11) is 1.49. The van der Waals surface area contributed by atoms with Crippen molar-refractivity contribution in [2.75, 3.05) is 26.9 Å². The fourth-order valence-electron chi connectivity index (χ4n) is 8.80. The van der Waals surface area contributed by atoms with Crippen LogP contribution in [0.25, 0.3) is 10.8 Å². The summed E-state index contributed by atoms with van der Waals surface area (Å²) in [4.78, 5) is 45.3. The number of ether oxygens (including phenoxy) is 5. The number of fused-ring (bicyclic) bond motifs is 5. The number of aliphatic hydroxyl groups is 2. The van der Waals surface area contributed by atoms with Crippen LogP contribution in [0.1, 0.15) is 69.0 Å². The highest BCUT2D eigenvalue weighted by molar-refractivity contribution is 6.13. The van der Waals surface area contributed by atoms with Crippen molar-refractivity contribution in [2.24, 2.45) is 0 Å². The molecule has 0 aromatic heterocycles. The largest absolute Gasteiger partial charge is 0.506 e. The number of hydrogen-bond acceptors (Lipinski definition) is 11. The van der Waals surface area contributed by atoms with E-state index in [0.717, 1.165) is 36.8 Å². The number of hydrogen-bond donors (Lipinski definition) is 4. The van der Waals surface area contributed by atoms with Crippen LogP contribution in [0, 0.1) is 12.0 Å². The van der Waals surface area contributed by atoms with Crippen molar-refractivity contribution in [1.82, 2.24) is 4.90 Å². The van der Waals surface area contributed by atoms with Gasteiger partial charge in [0.25, 0.3) is 5.91 Å². The minimum atomic E-state index is -1.60. The molecular formula is C44H41N2O11+. The molecule has 0 spiro atoms. The number of amides is 1. The summed E-state index contributed by atoms with van der Waals surface area (Å²) in [5.74, 6) is 2.21. The molecule has 3 aromatic rings. The summed E-state index contributed by atoms with van der Waals surface area (Å²) < 4.78 is 30.1. The van der Waals surface area contributed by atoms with E-state index in [1.54, 1.807) is 36.6 Å². The Morgan fingerprint density at radius 1 is 1.05 bits per heavy atom. The van der Waals surface area contributed by atoms with Gasteiger partial charge in [-0.05, 0) is 65.1 Å². The van der Waals surface area contributed by atoms with Crippen LogP contribution >= 0.6 is 0 Å².